The molecule has 1 atom stereocenters. The minimum atomic E-state index is -0.995. The summed E-state index contributed by atoms with van der Waals surface area (Å²) in [7, 11) is 1.28. The van der Waals surface area contributed by atoms with Crippen molar-refractivity contribution in [3.05, 3.63) is 57.7 Å². The Morgan fingerprint density at radius 1 is 1.11 bits per heavy atom. The monoisotopic (exact) mass is 385 g/mol. The van der Waals surface area contributed by atoms with Gasteiger partial charge in [0.15, 0.2) is 6.10 Å². The van der Waals surface area contributed by atoms with Gasteiger partial charge in [-0.3, -0.25) is 4.79 Å². The quantitative estimate of drug-likeness (QED) is 0.529. The molecule has 0 amide bonds. The van der Waals surface area contributed by atoms with Crippen LogP contribution in [0.4, 0.5) is 0 Å². The lowest BCUT2D eigenvalue weighted by molar-refractivity contribution is 0.0321. The first-order valence-electron chi connectivity index (χ1n) is 8.34. The Morgan fingerprint density at radius 2 is 1.81 bits per heavy atom. The minimum absolute atomic E-state index is 0.240. The number of hydrogen-bond acceptors (Lipinski definition) is 6. The van der Waals surface area contributed by atoms with Gasteiger partial charge in [0.1, 0.15) is 4.88 Å². The van der Waals surface area contributed by atoms with Crippen LogP contribution < -0.4 is 0 Å². The summed E-state index contributed by atoms with van der Waals surface area (Å²) in [5.74, 6) is -1.47. The van der Waals surface area contributed by atoms with E-state index in [9.17, 15) is 14.4 Å². The van der Waals surface area contributed by atoms with Gasteiger partial charge in [-0.15, -0.1) is 11.3 Å². The minimum Gasteiger partial charge on any atom is -0.465 e. The zero-order chi connectivity index (χ0) is 19.7. The molecule has 3 rings (SSSR count). The molecule has 140 valence electrons. The van der Waals surface area contributed by atoms with E-state index in [-0.39, 0.29) is 5.69 Å². The molecule has 0 unspecified atom stereocenters. The Balaban J connectivity index is 1.79. The molecule has 1 aromatic carbocycles. The summed E-state index contributed by atoms with van der Waals surface area (Å²) in [6.07, 6.45) is -0.995. The van der Waals surface area contributed by atoms with Crippen LogP contribution in [0.2, 0.25) is 0 Å². The number of H-pyrrole nitrogens is 1. The first kappa shape index (κ1) is 18.8. The molecule has 0 aliphatic carbocycles. The lowest BCUT2D eigenvalue weighted by Crippen LogP contribution is -2.25. The summed E-state index contributed by atoms with van der Waals surface area (Å²) in [6, 6.07) is 9.38. The van der Waals surface area contributed by atoms with Crippen LogP contribution in [0.25, 0.3) is 10.1 Å². The van der Waals surface area contributed by atoms with Gasteiger partial charge in [-0.25, -0.2) is 9.59 Å². The van der Waals surface area contributed by atoms with Crippen molar-refractivity contribution in [2.45, 2.75) is 26.9 Å². The number of nitrogens with one attached hydrogen (secondary N) is 1. The Labute approximate surface area is 160 Å². The van der Waals surface area contributed by atoms with E-state index in [1.54, 1.807) is 19.9 Å². The largest absolute Gasteiger partial charge is 0.465 e. The first-order chi connectivity index (χ1) is 12.8. The number of ether oxygens (including phenoxy) is 2. The molecule has 2 heterocycles. The first-order valence-corrected chi connectivity index (χ1v) is 9.16. The van der Waals surface area contributed by atoms with Crippen LogP contribution >= 0.6 is 11.3 Å². The van der Waals surface area contributed by atoms with Crippen LogP contribution in [-0.4, -0.2) is 35.9 Å². The zero-order valence-corrected chi connectivity index (χ0v) is 16.2. The van der Waals surface area contributed by atoms with Crippen LogP contribution in [0, 0.1) is 13.8 Å². The van der Waals surface area contributed by atoms with Crippen molar-refractivity contribution in [3.63, 3.8) is 0 Å². The molecule has 2 aromatic heterocycles. The number of aryl methyl sites for hydroxylation is 1. The van der Waals surface area contributed by atoms with E-state index in [1.165, 1.54) is 25.4 Å². The summed E-state index contributed by atoms with van der Waals surface area (Å²) >= 11 is 1.32. The number of aromatic nitrogens is 1. The summed E-state index contributed by atoms with van der Waals surface area (Å²) in [5, 5.41) is 0.951. The standard InChI is InChI=1S/C20H19NO5S/c1-10-16(20(24)25-4)11(2)21-17(10)18(22)12(3)26-19(23)15-9-13-7-5-6-8-14(13)27-15/h5-9,12,21H,1-4H3/t12-/m0/s1. The molecular weight excluding hydrogens is 366 g/mol. The number of benzene rings is 1. The fourth-order valence-corrected chi connectivity index (χ4v) is 3.91. The molecular formula is C20H19NO5S. The van der Waals surface area contributed by atoms with Crippen molar-refractivity contribution in [2.24, 2.45) is 0 Å². The predicted octanol–water partition coefficient (Wildman–Crippen LogP) is 4.06. The smallest absolute Gasteiger partial charge is 0.349 e. The molecule has 3 aromatic rings. The normalized spacial score (nSPS) is 12.0. The number of ketones is 1. The third-order valence-electron chi connectivity index (χ3n) is 4.35. The number of hydrogen-bond donors (Lipinski definition) is 1. The summed E-state index contributed by atoms with van der Waals surface area (Å²) in [4.78, 5) is 40.4. The number of esters is 2. The third-order valence-corrected chi connectivity index (χ3v) is 5.45. The van der Waals surface area contributed by atoms with Gasteiger partial charge in [0.2, 0.25) is 5.78 Å². The maximum absolute atomic E-state index is 12.7. The molecule has 0 bridgehead atoms. The van der Waals surface area contributed by atoms with Crippen LogP contribution in [-0.2, 0) is 9.47 Å². The average molecular weight is 385 g/mol. The maximum Gasteiger partial charge on any atom is 0.349 e. The summed E-state index contributed by atoms with van der Waals surface area (Å²) in [6.45, 7) is 4.86. The highest BCUT2D eigenvalue weighted by Crippen LogP contribution is 2.26. The molecule has 6 nitrogen and oxygen atoms in total. The summed E-state index contributed by atoms with van der Waals surface area (Å²) in [5.41, 5.74) is 1.58. The van der Waals surface area contributed by atoms with Crippen molar-refractivity contribution < 1.29 is 23.9 Å². The highest BCUT2D eigenvalue weighted by molar-refractivity contribution is 7.20. The second-order valence-electron chi connectivity index (χ2n) is 6.18. The second kappa shape index (κ2) is 7.36. The number of rotatable bonds is 5. The third kappa shape index (κ3) is 3.50. The van der Waals surface area contributed by atoms with Gasteiger partial charge in [-0.1, -0.05) is 18.2 Å². The highest BCUT2D eigenvalue weighted by atomic mass is 32.1. The fraction of sp³-hybridized carbons (Fsp3) is 0.250. The van der Waals surface area contributed by atoms with Crippen LogP contribution in [0.5, 0.6) is 0 Å². The number of carbonyl (C=O) groups is 3. The molecule has 1 N–H and O–H groups in total. The van der Waals surface area contributed by atoms with Gasteiger partial charge in [0.25, 0.3) is 0 Å². The molecule has 0 saturated heterocycles. The molecule has 27 heavy (non-hydrogen) atoms. The molecule has 0 aliphatic heterocycles. The van der Waals surface area contributed by atoms with Crippen molar-refractivity contribution in [3.8, 4) is 0 Å². The molecule has 0 radical (unpaired) electrons. The number of aromatic amines is 1. The molecule has 0 fully saturated rings. The number of thiophene rings is 1. The van der Waals surface area contributed by atoms with Gasteiger partial charge in [0, 0.05) is 10.4 Å². The summed E-state index contributed by atoms with van der Waals surface area (Å²) < 4.78 is 11.1. The van der Waals surface area contributed by atoms with E-state index < -0.39 is 23.8 Å². The second-order valence-corrected chi connectivity index (χ2v) is 7.26. The zero-order valence-electron chi connectivity index (χ0n) is 15.4. The topological polar surface area (TPSA) is 85.5 Å². The Hall–Kier alpha value is -2.93. The van der Waals surface area contributed by atoms with Crippen LogP contribution in [0.3, 0.4) is 0 Å². The van der Waals surface area contributed by atoms with Crippen molar-refractivity contribution >= 4 is 39.1 Å². The van der Waals surface area contributed by atoms with Gasteiger partial charge in [-0.2, -0.15) is 0 Å². The van der Waals surface area contributed by atoms with E-state index in [1.807, 2.05) is 24.3 Å². The SMILES string of the molecule is COC(=O)c1c(C)[nH]c(C(=O)[C@H](C)OC(=O)c2cc3ccccc3s2)c1C. The van der Waals surface area contributed by atoms with Crippen molar-refractivity contribution in [1.29, 1.82) is 0 Å². The van der Waals surface area contributed by atoms with Crippen LogP contribution in [0.1, 0.15) is 48.7 Å². The molecule has 0 saturated carbocycles. The number of carbonyl (C=O) groups excluding carboxylic acids is 3. The van der Waals surface area contributed by atoms with Crippen molar-refractivity contribution in [2.75, 3.05) is 7.11 Å². The van der Waals surface area contributed by atoms with Crippen LogP contribution in [0.15, 0.2) is 30.3 Å². The van der Waals surface area contributed by atoms with E-state index >= 15 is 0 Å². The van der Waals surface area contributed by atoms with Gasteiger partial charge < -0.3 is 14.5 Å². The van der Waals surface area contributed by atoms with Gasteiger partial charge in [-0.05, 0) is 43.9 Å². The van der Waals surface area contributed by atoms with E-state index in [4.69, 9.17) is 9.47 Å². The predicted molar refractivity (Wildman–Crippen MR) is 103 cm³/mol. The maximum atomic E-state index is 12.7. The highest BCUT2D eigenvalue weighted by Gasteiger charge is 2.28. The molecule has 7 heteroatoms. The lowest BCUT2D eigenvalue weighted by atomic mass is 10.1. The Kier molecular flexibility index (Phi) is 5.14. The lowest BCUT2D eigenvalue weighted by Gasteiger charge is -2.11. The number of fused-ring (bicyclic) bond motifs is 1. The average Bonchev–Trinajstić information content (AvgIpc) is 3.21. The fourth-order valence-electron chi connectivity index (χ4n) is 2.96. The number of methoxy groups -OCH3 is 1. The van der Waals surface area contributed by atoms with Gasteiger partial charge >= 0.3 is 11.9 Å². The van der Waals surface area contributed by atoms with E-state index in [0.717, 1.165) is 10.1 Å². The number of Topliss-reactive ketones (excluding diaryl/α,β-unsaturated/α-hetero) is 1. The Bertz CT molecular complexity index is 1010. The van der Waals surface area contributed by atoms with Crippen molar-refractivity contribution in [1.82, 2.24) is 4.98 Å². The van der Waals surface area contributed by atoms with E-state index in [0.29, 0.717) is 21.7 Å². The van der Waals surface area contributed by atoms with Gasteiger partial charge in [0.05, 0.1) is 18.4 Å². The Morgan fingerprint density at radius 3 is 2.48 bits per heavy atom. The molecule has 0 aliphatic rings. The van der Waals surface area contributed by atoms with E-state index in [2.05, 4.69) is 4.98 Å². The molecule has 0 spiro atoms.